The average Bonchev–Trinajstić information content (AvgIpc) is 2.71. The highest BCUT2D eigenvalue weighted by atomic mass is 79.9. The van der Waals surface area contributed by atoms with E-state index in [9.17, 15) is 0 Å². The van der Waals surface area contributed by atoms with Crippen molar-refractivity contribution in [2.75, 3.05) is 6.54 Å². The minimum atomic E-state index is 0.720. The van der Waals surface area contributed by atoms with E-state index in [1.54, 1.807) is 0 Å². The van der Waals surface area contributed by atoms with Gasteiger partial charge in [0.1, 0.15) is 0 Å². The highest BCUT2D eigenvalue weighted by Crippen LogP contribution is 2.31. The molecule has 3 heteroatoms. The molecule has 2 rings (SSSR count). The Balaban J connectivity index is 2.31. The minimum Gasteiger partial charge on any atom is -0.330 e. The molecule has 0 radical (unpaired) electrons. The second-order valence-corrected chi connectivity index (χ2v) is 5.79. The van der Waals surface area contributed by atoms with Gasteiger partial charge in [0.05, 0.1) is 0 Å². The lowest BCUT2D eigenvalue weighted by Gasteiger charge is -2.01. The maximum Gasteiger partial charge on any atom is 0.0346 e. The van der Waals surface area contributed by atoms with Crippen molar-refractivity contribution in [1.29, 1.82) is 0 Å². The molecule has 2 aromatic rings. The van der Waals surface area contributed by atoms with Crippen LogP contribution < -0.4 is 5.73 Å². The van der Waals surface area contributed by atoms with Gasteiger partial charge < -0.3 is 5.73 Å². The number of nitrogens with two attached hydrogens (primary N) is 1. The van der Waals surface area contributed by atoms with E-state index in [2.05, 4.69) is 53.2 Å². The predicted octanol–water partition coefficient (Wildman–Crippen LogP) is 3.99. The molecule has 1 heterocycles. The third-order valence-electron chi connectivity index (χ3n) is 2.51. The van der Waals surface area contributed by atoms with Gasteiger partial charge in [0.2, 0.25) is 0 Å². The zero-order valence-corrected chi connectivity index (χ0v) is 11.6. The number of aryl methyl sites for hydroxylation is 1. The number of benzene rings is 1. The molecule has 0 fully saturated rings. The van der Waals surface area contributed by atoms with E-state index >= 15 is 0 Å². The molecule has 84 valence electrons. The van der Waals surface area contributed by atoms with Crippen LogP contribution in [0.4, 0.5) is 0 Å². The maximum atomic E-state index is 5.55. The van der Waals surface area contributed by atoms with Crippen LogP contribution >= 0.6 is 27.3 Å². The topological polar surface area (TPSA) is 26.0 Å². The van der Waals surface area contributed by atoms with E-state index < -0.39 is 0 Å². The highest BCUT2D eigenvalue weighted by Gasteiger charge is 2.04. The average molecular weight is 296 g/mol. The SMILES string of the molecule is Cc1ccc(-c2ccc(CCN)s2)cc1Br. The molecule has 0 amide bonds. The molecule has 0 aliphatic carbocycles. The van der Waals surface area contributed by atoms with Crippen LogP contribution in [0.3, 0.4) is 0 Å². The van der Waals surface area contributed by atoms with Gasteiger partial charge in [0.15, 0.2) is 0 Å². The first-order chi connectivity index (χ1) is 7.70. The molecular formula is C13H14BrNS. The van der Waals surface area contributed by atoms with Crippen LogP contribution in [-0.4, -0.2) is 6.54 Å². The third kappa shape index (κ3) is 2.54. The molecule has 0 atom stereocenters. The molecule has 1 aromatic carbocycles. The Kier molecular flexibility index (Phi) is 3.79. The fourth-order valence-electron chi connectivity index (χ4n) is 1.56. The smallest absolute Gasteiger partial charge is 0.0346 e. The Hall–Kier alpha value is -0.640. The van der Waals surface area contributed by atoms with Crippen LogP contribution in [0.25, 0.3) is 10.4 Å². The van der Waals surface area contributed by atoms with Gasteiger partial charge in [-0.2, -0.15) is 0 Å². The summed E-state index contributed by atoms with van der Waals surface area (Å²) in [4.78, 5) is 2.67. The van der Waals surface area contributed by atoms with E-state index in [4.69, 9.17) is 5.73 Å². The fourth-order valence-corrected chi connectivity index (χ4v) is 2.95. The first kappa shape index (κ1) is 11.8. The van der Waals surface area contributed by atoms with E-state index in [-0.39, 0.29) is 0 Å². The first-order valence-corrected chi connectivity index (χ1v) is 6.87. The first-order valence-electron chi connectivity index (χ1n) is 5.26. The molecule has 16 heavy (non-hydrogen) atoms. The number of hydrogen-bond acceptors (Lipinski definition) is 2. The van der Waals surface area contributed by atoms with Crippen LogP contribution in [0.5, 0.6) is 0 Å². The quantitative estimate of drug-likeness (QED) is 0.910. The Morgan fingerprint density at radius 1 is 1.25 bits per heavy atom. The van der Waals surface area contributed by atoms with Gasteiger partial charge in [-0.25, -0.2) is 0 Å². The zero-order chi connectivity index (χ0) is 11.5. The summed E-state index contributed by atoms with van der Waals surface area (Å²) in [6.45, 7) is 2.82. The lowest BCUT2D eigenvalue weighted by atomic mass is 10.1. The van der Waals surface area contributed by atoms with Crippen LogP contribution in [-0.2, 0) is 6.42 Å². The predicted molar refractivity (Wildman–Crippen MR) is 75.0 cm³/mol. The van der Waals surface area contributed by atoms with Crippen molar-refractivity contribution in [3.63, 3.8) is 0 Å². The molecule has 1 nitrogen and oxygen atoms in total. The lowest BCUT2D eigenvalue weighted by molar-refractivity contribution is 0.989. The van der Waals surface area contributed by atoms with Gasteiger partial charge in [0.25, 0.3) is 0 Å². The number of hydrogen-bond donors (Lipinski definition) is 1. The van der Waals surface area contributed by atoms with Crippen LogP contribution in [0, 0.1) is 6.92 Å². The maximum absolute atomic E-state index is 5.55. The highest BCUT2D eigenvalue weighted by molar-refractivity contribution is 9.10. The molecule has 0 spiro atoms. The summed E-state index contributed by atoms with van der Waals surface area (Å²) in [5, 5.41) is 0. The summed E-state index contributed by atoms with van der Waals surface area (Å²) in [5.41, 5.74) is 8.09. The van der Waals surface area contributed by atoms with Gasteiger partial charge >= 0.3 is 0 Å². The summed E-state index contributed by atoms with van der Waals surface area (Å²) < 4.78 is 1.17. The van der Waals surface area contributed by atoms with Crippen molar-refractivity contribution in [2.24, 2.45) is 5.73 Å². The van der Waals surface area contributed by atoms with Crippen molar-refractivity contribution in [3.05, 3.63) is 45.2 Å². The normalized spacial score (nSPS) is 10.7. The van der Waals surface area contributed by atoms with E-state index in [0.29, 0.717) is 0 Å². The molecule has 0 aliphatic rings. The zero-order valence-electron chi connectivity index (χ0n) is 9.16. The number of thiophene rings is 1. The van der Waals surface area contributed by atoms with Crippen LogP contribution in [0.1, 0.15) is 10.4 Å². The monoisotopic (exact) mass is 295 g/mol. The van der Waals surface area contributed by atoms with Gasteiger partial charge in [-0.3, -0.25) is 0 Å². The fraction of sp³-hybridized carbons (Fsp3) is 0.231. The molecule has 0 unspecified atom stereocenters. The second kappa shape index (κ2) is 5.13. The molecule has 0 saturated carbocycles. The van der Waals surface area contributed by atoms with Crippen molar-refractivity contribution < 1.29 is 0 Å². The summed E-state index contributed by atoms with van der Waals surface area (Å²) in [5.74, 6) is 0. The summed E-state index contributed by atoms with van der Waals surface area (Å²) in [7, 11) is 0. The van der Waals surface area contributed by atoms with Crippen molar-refractivity contribution in [1.82, 2.24) is 0 Å². The Labute approximate surface area is 108 Å². The van der Waals surface area contributed by atoms with Crippen molar-refractivity contribution >= 4 is 27.3 Å². The molecule has 0 bridgehead atoms. The van der Waals surface area contributed by atoms with Crippen molar-refractivity contribution in [2.45, 2.75) is 13.3 Å². The van der Waals surface area contributed by atoms with Gasteiger partial charge in [-0.1, -0.05) is 28.1 Å². The number of halogens is 1. The Morgan fingerprint density at radius 3 is 2.75 bits per heavy atom. The Bertz CT molecular complexity index is 490. The van der Waals surface area contributed by atoms with Gasteiger partial charge in [0, 0.05) is 14.2 Å². The van der Waals surface area contributed by atoms with Gasteiger partial charge in [-0.15, -0.1) is 11.3 Å². The third-order valence-corrected chi connectivity index (χ3v) is 4.56. The van der Waals surface area contributed by atoms with E-state index in [1.165, 1.54) is 25.4 Å². The van der Waals surface area contributed by atoms with Crippen molar-refractivity contribution in [3.8, 4) is 10.4 Å². The van der Waals surface area contributed by atoms with E-state index in [0.717, 1.165) is 13.0 Å². The Morgan fingerprint density at radius 2 is 2.06 bits per heavy atom. The summed E-state index contributed by atoms with van der Waals surface area (Å²) in [6.07, 6.45) is 0.970. The molecule has 0 aliphatic heterocycles. The largest absolute Gasteiger partial charge is 0.330 e. The lowest BCUT2D eigenvalue weighted by Crippen LogP contribution is -2.00. The van der Waals surface area contributed by atoms with Crippen LogP contribution in [0.2, 0.25) is 0 Å². The molecular weight excluding hydrogens is 282 g/mol. The van der Waals surface area contributed by atoms with Gasteiger partial charge in [-0.05, 0) is 49.2 Å². The van der Waals surface area contributed by atoms with Crippen LogP contribution in [0.15, 0.2) is 34.8 Å². The second-order valence-electron chi connectivity index (χ2n) is 3.77. The standard InChI is InChI=1S/C13H14BrNS/c1-9-2-3-10(8-12(9)14)13-5-4-11(16-13)6-7-15/h2-5,8H,6-7,15H2,1H3. The van der Waals surface area contributed by atoms with E-state index in [1.807, 2.05) is 11.3 Å². The summed E-state index contributed by atoms with van der Waals surface area (Å²) in [6, 6.07) is 10.8. The molecule has 0 saturated heterocycles. The summed E-state index contributed by atoms with van der Waals surface area (Å²) >= 11 is 5.39. The molecule has 2 N–H and O–H groups in total. The number of rotatable bonds is 3. The minimum absolute atomic E-state index is 0.720. The molecule has 1 aromatic heterocycles.